The summed E-state index contributed by atoms with van der Waals surface area (Å²) in [5.74, 6) is -0.616. The molecule has 0 radical (unpaired) electrons. The van der Waals surface area contributed by atoms with Crippen molar-refractivity contribution in [3.8, 4) is 5.75 Å². The molecule has 2 aromatic carbocycles. The van der Waals surface area contributed by atoms with Gasteiger partial charge in [0.05, 0.1) is 17.1 Å². The minimum Gasteiger partial charge on any atom is -0.493 e. The van der Waals surface area contributed by atoms with Crippen LogP contribution in [0.25, 0.3) is 0 Å². The Bertz CT molecular complexity index is 1050. The number of hydrogen-bond donors (Lipinski definition) is 3. The van der Waals surface area contributed by atoms with Crippen molar-refractivity contribution in [2.45, 2.75) is 44.4 Å². The molecule has 8 nitrogen and oxygen atoms in total. The summed E-state index contributed by atoms with van der Waals surface area (Å²) < 4.78 is 31.6. The van der Waals surface area contributed by atoms with Crippen molar-refractivity contribution in [3.05, 3.63) is 54.1 Å². The van der Waals surface area contributed by atoms with E-state index < -0.39 is 21.8 Å². The van der Waals surface area contributed by atoms with Crippen LogP contribution in [0, 0.1) is 0 Å². The van der Waals surface area contributed by atoms with Crippen molar-refractivity contribution in [2.24, 2.45) is 0 Å². The number of carbonyl (C=O) groups is 2. The van der Waals surface area contributed by atoms with Gasteiger partial charge in [-0.05, 0) is 55.0 Å². The summed E-state index contributed by atoms with van der Waals surface area (Å²) in [6, 6.07) is 12.5. The lowest BCUT2D eigenvalue weighted by molar-refractivity contribution is -0.117. The molecule has 2 rings (SSSR count). The first-order valence-electron chi connectivity index (χ1n) is 10.2. The summed E-state index contributed by atoms with van der Waals surface area (Å²) >= 11 is 5.20. The fourth-order valence-electron chi connectivity index (χ4n) is 2.79. The van der Waals surface area contributed by atoms with E-state index in [4.69, 9.17) is 17.0 Å². The van der Waals surface area contributed by atoms with Crippen LogP contribution in [0.15, 0.2) is 53.4 Å². The Labute approximate surface area is 193 Å². The van der Waals surface area contributed by atoms with E-state index in [0.717, 1.165) is 32.6 Å². The molecule has 3 N–H and O–H groups in total. The average Bonchev–Trinajstić information content (AvgIpc) is 2.73. The van der Waals surface area contributed by atoms with Gasteiger partial charge in [-0.3, -0.25) is 14.9 Å². The highest BCUT2D eigenvalue weighted by molar-refractivity contribution is 7.90. The van der Waals surface area contributed by atoms with Gasteiger partial charge >= 0.3 is 0 Å². The number of thiocarbonyl (C=S) groups is 1. The molecular weight excluding hydrogens is 450 g/mol. The fraction of sp³-hybridized carbons (Fsp3) is 0.318. The van der Waals surface area contributed by atoms with E-state index in [1.54, 1.807) is 24.3 Å². The number of para-hydroxylation sites is 1. The van der Waals surface area contributed by atoms with E-state index in [0.29, 0.717) is 23.6 Å². The van der Waals surface area contributed by atoms with Crippen molar-refractivity contribution in [2.75, 3.05) is 11.9 Å². The molecule has 2 aromatic rings. The number of benzene rings is 2. The molecule has 0 fully saturated rings. The Morgan fingerprint density at radius 2 is 1.69 bits per heavy atom. The number of hydrogen-bond acceptors (Lipinski definition) is 6. The Morgan fingerprint density at radius 3 is 2.34 bits per heavy atom. The molecule has 0 atom stereocenters. The molecule has 0 saturated carbocycles. The number of anilines is 1. The Kier molecular flexibility index (Phi) is 9.61. The molecule has 0 aliphatic carbocycles. The highest BCUT2D eigenvalue weighted by Crippen LogP contribution is 2.19. The number of amides is 2. The molecule has 0 spiro atoms. The maximum atomic E-state index is 12.7. The van der Waals surface area contributed by atoms with Gasteiger partial charge in [-0.1, -0.05) is 38.3 Å². The van der Waals surface area contributed by atoms with E-state index in [1.807, 2.05) is 4.72 Å². The molecule has 0 heterocycles. The lowest BCUT2D eigenvalue weighted by Crippen LogP contribution is -2.34. The summed E-state index contributed by atoms with van der Waals surface area (Å²) in [5, 5.41) is 5.46. The van der Waals surface area contributed by atoms with Crippen LogP contribution in [0.3, 0.4) is 0 Å². The van der Waals surface area contributed by atoms with Crippen LogP contribution in [0.1, 0.15) is 49.9 Å². The minimum atomic E-state index is -3.92. The monoisotopic (exact) mass is 477 g/mol. The quantitative estimate of drug-likeness (QED) is 0.354. The van der Waals surface area contributed by atoms with E-state index in [-0.39, 0.29) is 10.0 Å². The third kappa shape index (κ3) is 7.93. The first kappa shape index (κ1) is 25.3. The third-order valence-electron chi connectivity index (χ3n) is 4.31. The maximum Gasteiger partial charge on any atom is 0.264 e. The summed E-state index contributed by atoms with van der Waals surface area (Å²) in [6.07, 6.45) is 4.27. The van der Waals surface area contributed by atoms with Gasteiger partial charge in [0.15, 0.2) is 5.11 Å². The minimum absolute atomic E-state index is 0.0465. The molecule has 10 heteroatoms. The molecule has 0 unspecified atom stereocenters. The predicted molar refractivity (Wildman–Crippen MR) is 127 cm³/mol. The second kappa shape index (κ2) is 12.2. The predicted octanol–water partition coefficient (Wildman–Crippen LogP) is 3.60. The van der Waals surface area contributed by atoms with E-state index in [9.17, 15) is 18.0 Å². The molecule has 172 valence electrons. The van der Waals surface area contributed by atoms with Crippen molar-refractivity contribution in [1.82, 2.24) is 10.0 Å². The van der Waals surface area contributed by atoms with Crippen LogP contribution in [-0.2, 0) is 14.8 Å². The lowest BCUT2D eigenvalue weighted by atomic mass is 10.2. The fourth-order valence-corrected chi connectivity index (χ4v) is 3.99. The zero-order valence-corrected chi connectivity index (χ0v) is 19.6. The maximum absolute atomic E-state index is 12.7. The molecular formula is C22H27N3O5S2. The normalized spacial score (nSPS) is 10.8. The van der Waals surface area contributed by atoms with E-state index in [1.165, 1.54) is 24.3 Å². The number of sulfonamides is 1. The SMILES string of the molecule is CCCCCCOc1ccccc1C(=O)NC(=S)Nc1ccc(S(=O)(=O)NC(C)=O)cc1. The van der Waals surface area contributed by atoms with Gasteiger partial charge in [-0.2, -0.15) is 0 Å². The molecule has 0 aliphatic rings. The lowest BCUT2D eigenvalue weighted by Gasteiger charge is -2.13. The van der Waals surface area contributed by atoms with Gasteiger partial charge in [0.2, 0.25) is 5.91 Å². The number of nitrogens with one attached hydrogen (secondary N) is 3. The van der Waals surface area contributed by atoms with Crippen LogP contribution in [0.4, 0.5) is 5.69 Å². The molecule has 0 bridgehead atoms. The number of unbranched alkanes of at least 4 members (excludes halogenated alkanes) is 3. The highest BCUT2D eigenvalue weighted by Gasteiger charge is 2.16. The van der Waals surface area contributed by atoms with E-state index >= 15 is 0 Å². The first-order valence-corrected chi connectivity index (χ1v) is 12.1. The Morgan fingerprint density at radius 1 is 1.00 bits per heavy atom. The molecule has 32 heavy (non-hydrogen) atoms. The number of ether oxygens (including phenoxy) is 1. The summed E-state index contributed by atoms with van der Waals surface area (Å²) in [5.41, 5.74) is 0.835. The molecule has 0 saturated heterocycles. The van der Waals surface area contributed by atoms with E-state index in [2.05, 4.69) is 17.6 Å². The van der Waals surface area contributed by atoms with Crippen LogP contribution < -0.4 is 20.1 Å². The second-order valence-electron chi connectivity index (χ2n) is 7.00. The largest absolute Gasteiger partial charge is 0.493 e. The van der Waals surface area contributed by atoms with Gasteiger partial charge < -0.3 is 10.1 Å². The van der Waals surface area contributed by atoms with Crippen molar-refractivity contribution >= 4 is 44.9 Å². The van der Waals surface area contributed by atoms with Gasteiger partial charge in [-0.25, -0.2) is 13.1 Å². The first-order chi connectivity index (χ1) is 15.2. The van der Waals surface area contributed by atoms with Gasteiger partial charge in [0.1, 0.15) is 5.75 Å². The van der Waals surface area contributed by atoms with Crippen molar-refractivity contribution < 1.29 is 22.7 Å². The van der Waals surface area contributed by atoms with Gasteiger partial charge in [0.25, 0.3) is 15.9 Å². The van der Waals surface area contributed by atoms with Crippen molar-refractivity contribution in [1.29, 1.82) is 0 Å². The standard InChI is InChI=1S/C22H27N3O5S2/c1-3-4-5-8-15-30-20-10-7-6-9-19(20)21(27)24-22(31)23-17-11-13-18(14-12-17)32(28,29)25-16(2)26/h6-7,9-14H,3-5,8,15H2,1-2H3,(H,25,26)(H2,23,24,27,31). The average molecular weight is 478 g/mol. The zero-order valence-electron chi connectivity index (χ0n) is 18.0. The second-order valence-corrected chi connectivity index (χ2v) is 9.09. The molecule has 0 aliphatic heterocycles. The zero-order chi connectivity index (χ0) is 23.6. The van der Waals surface area contributed by atoms with Gasteiger partial charge in [-0.15, -0.1) is 0 Å². The molecule has 0 aromatic heterocycles. The summed E-state index contributed by atoms with van der Waals surface area (Å²) in [6.45, 7) is 3.78. The summed E-state index contributed by atoms with van der Waals surface area (Å²) in [7, 11) is -3.92. The number of carbonyl (C=O) groups excluding carboxylic acids is 2. The van der Waals surface area contributed by atoms with Crippen LogP contribution in [0.5, 0.6) is 5.75 Å². The Hall–Kier alpha value is -2.98. The van der Waals surface area contributed by atoms with Crippen LogP contribution in [-0.4, -0.2) is 32.0 Å². The number of rotatable bonds is 10. The Balaban J connectivity index is 1.96. The third-order valence-corrected chi connectivity index (χ3v) is 5.97. The van der Waals surface area contributed by atoms with Crippen LogP contribution in [0.2, 0.25) is 0 Å². The topological polar surface area (TPSA) is 114 Å². The highest BCUT2D eigenvalue weighted by atomic mass is 32.2. The molecule has 2 amide bonds. The summed E-state index contributed by atoms with van der Waals surface area (Å²) in [4.78, 5) is 23.6. The van der Waals surface area contributed by atoms with Crippen molar-refractivity contribution in [3.63, 3.8) is 0 Å². The van der Waals surface area contributed by atoms with Crippen LogP contribution >= 0.6 is 12.2 Å². The van der Waals surface area contributed by atoms with Gasteiger partial charge in [0, 0.05) is 12.6 Å². The smallest absolute Gasteiger partial charge is 0.264 e.